The molecule has 0 unspecified atom stereocenters. The molecule has 0 aliphatic carbocycles. The average molecular weight is 341 g/mol. The van der Waals surface area contributed by atoms with E-state index in [2.05, 4.69) is 38.1 Å². The maximum Gasteiger partial charge on any atom is 0.0753 e. The van der Waals surface area contributed by atoms with E-state index in [0.717, 1.165) is 52.1 Å². The summed E-state index contributed by atoms with van der Waals surface area (Å²) in [6.45, 7) is 6.08. The number of hydrogen-bond acceptors (Lipinski definition) is 3. The van der Waals surface area contributed by atoms with Gasteiger partial charge in [0.25, 0.3) is 0 Å². The van der Waals surface area contributed by atoms with E-state index in [-0.39, 0.29) is 0 Å². The first-order chi connectivity index (χ1) is 9.16. The fraction of sp³-hybridized carbons (Fsp3) is 0.357. The standard InChI is InChI=1S/C14H15BrClN3/c1-9-6-10(16)7-11-13(9)18-8-12(15)14(11)19-4-2-17-3-5-19/h6-8,17H,2-5H2,1H3. The van der Waals surface area contributed by atoms with Gasteiger partial charge in [-0.15, -0.1) is 0 Å². The molecule has 0 radical (unpaired) electrons. The molecule has 3 nitrogen and oxygen atoms in total. The second-order valence-corrected chi connectivity index (χ2v) is 6.10. The van der Waals surface area contributed by atoms with Gasteiger partial charge in [-0.1, -0.05) is 11.6 Å². The molecule has 0 atom stereocenters. The molecule has 1 N–H and O–H groups in total. The summed E-state index contributed by atoms with van der Waals surface area (Å²) in [5, 5.41) is 5.27. The zero-order valence-corrected chi connectivity index (χ0v) is 13.1. The van der Waals surface area contributed by atoms with Crippen LogP contribution in [0.4, 0.5) is 5.69 Å². The minimum absolute atomic E-state index is 0.765. The van der Waals surface area contributed by atoms with E-state index in [0.29, 0.717) is 0 Å². The van der Waals surface area contributed by atoms with Crippen molar-refractivity contribution in [3.8, 4) is 0 Å². The molecule has 0 amide bonds. The van der Waals surface area contributed by atoms with Crippen LogP contribution in [0, 0.1) is 6.92 Å². The first kappa shape index (κ1) is 13.2. The number of rotatable bonds is 1. The summed E-state index contributed by atoms with van der Waals surface area (Å²) in [6, 6.07) is 3.98. The quantitative estimate of drug-likeness (QED) is 0.863. The Balaban J connectivity index is 2.23. The molecule has 1 fully saturated rings. The summed E-state index contributed by atoms with van der Waals surface area (Å²) in [6.07, 6.45) is 1.89. The lowest BCUT2D eigenvalue weighted by Crippen LogP contribution is -2.43. The van der Waals surface area contributed by atoms with Crippen LogP contribution in [0.3, 0.4) is 0 Å². The maximum atomic E-state index is 6.21. The van der Waals surface area contributed by atoms with Crippen LogP contribution < -0.4 is 10.2 Å². The minimum atomic E-state index is 0.765. The monoisotopic (exact) mass is 339 g/mol. The lowest BCUT2D eigenvalue weighted by atomic mass is 10.1. The molecule has 1 aliphatic rings. The number of benzene rings is 1. The van der Waals surface area contributed by atoms with Crippen molar-refractivity contribution < 1.29 is 0 Å². The summed E-state index contributed by atoms with van der Waals surface area (Å²) in [5.74, 6) is 0. The third-order valence-electron chi connectivity index (χ3n) is 3.49. The van der Waals surface area contributed by atoms with Gasteiger partial charge in [0.1, 0.15) is 0 Å². The van der Waals surface area contributed by atoms with Crippen molar-refractivity contribution >= 4 is 44.1 Å². The van der Waals surface area contributed by atoms with Gasteiger partial charge >= 0.3 is 0 Å². The first-order valence-electron chi connectivity index (χ1n) is 6.37. The number of pyridine rings is 1. The Morgan fingerprint density at radius 2 is 2.05 bits per heavy atom. The number of halogens is 2. The molecular formula is C14H15BrClN3. The molecule has 3 rings (SSSR count). The van der Waals surface area contributed by atoms with Crippen molar-refractivity contribution in [2.75, 3.05) is 31.1 Å². The molecular weight excluding hydrogens is 326 g/mol. The highest BCUT2D eigenvalue weighted by Crippen LogP contribution is 2.36. The second-order valence-electron chi connectivity index (χ2n) is 4.81. The Hall–Kier alpha value is -0.840. The predicted octanol–water partition coefficient (Wildman–Crippen LogP) is 3.37. The smallest absolute Gasteiger partial charge is 0.0753 e. The number of fused-ring (bicyclic) bond motifs is 1. The Morgan fingerprint density at radius 1 is 1.32 bits per heavy atom. The molecule has 100 valence electrons. The van der Waals surface area contributed by atoms with Crippen LogP contribution in [0.5, 0.6) is 0 Å². The van der Waals surface area contributed by atoms with Crippen LogP contribution >= 0.6 is 27.5 Å². The van der Waals surface area contributed by atoms with Crippen LogP contribution in [0.1, 0.15) is 5.56 Å². The number of aryl methyl sites for hydroxylation is 1. The minimum Gasteiger partial charge on any atom is -0.367 e. The normalized spacial score (nSPS) is 16.1. The van der Waals surface area contributed by atoms with Crippen molar-refractivity contribution in [3.63, 3.8) is 0 Å². The molecule has 1 aromatic carbocycles. The van der Waals surface area contributed by atoms with Crippen molar-refractivity contribution in [3.05, 3.63) is 33.4 Å². The number of piperazine rings is 1. The largest absolute Gasteiger partial charge is 0.367 e. The maximum absolute atomic E-state index is 6.21. The third-order valence-corrected chi connectivity index (χ3v) is 4.29. The fourth-order valence-electron chi connectivity index (χ4n) is 2.61. The SMILES string of the molecule is Cc1cc(Cl)cc2c(N3CCNCC3)c(Br)cnc12. The molecule has 5 heteroatoms. The highest BCUT2D eigenvalue weighted by molar-refractivity contribution is 9.10. The van der Waals surface area contributed by atoms with E-state index in [4.69, 9.17) is 11.6 Å². The van der Waals surface area contributed by atoms with E-state index in [9.17, 15) is 0 Å². The van der Waals surface area contributed by atoms with Crippen LogP contribution in [-0.2, 0) is 0 Å². The molecule has 2 heterocycles. The molecule has 0 spiro atoms. The first-order valence-corrected chi connectivity index (χ1v) is 7.54. The third kappa shape index (κ3) is 2.45. The Labute approximate surface area is 126 Å². The lowest BCUT2D eigenvalue weighted by Gasteiger charge is -2.31. The molecule has 0 bridgehead atoms. The molecule has 2 aromatic rings. The summed E-state index contributed by atoms with van der Waals surface area (Å²) < 4.78 is 1.03. The topological polar surface area (TPSA) is 28.2 Å². The van der Waals surface area contributed by atoms with Crippen molar-refractivity contribution in [2.24, 2.45) is 0 Å². The summed E-state index contributed by atoms with van der Waals surface area (Å²) in [4.78, 5) is 6.92. The van der Waals surface area contributed by atoms with E-state index in [1.165, 1.54) is 5.69 Å². The molecule has 1 aromatic heterocycles. The lowest BCUT2D eigenvalue weighted by molar-refractivity contribution is 0.589. The van der Waals surface area contributed by atoms with E-state index >= 15 is 0 Å². The average Bonchev–Trinajstić information content (AvgIpc) is 2.39. The highest BCUT2D eigenvalue weighted by atomic mass is 79.9. The summed E-state index contributed by atoms with van der Waals surface area (Å²) in [5.41, 5.74) is 3.35. The van der Waals surface area contributed by atoms with Gasteiger partial charge in [-0.25, -0.2) is 0 Å². The number of hydrogen-bond donors (Lipinski definition) is 1. The van der Waals surface area contributed by atoms with Crippen molar-refractivity contribution in [1.82, 2.24) is 10.3 Å². The number of aromatic nitrogens is 1. The molecule has 19 heavy (non-hydrogen) atoms. The van der Waals surface area contributed by atoms with Gasteiger partial charge in [0.2, 0.25) is 0 Å². The van der Waals surface area contributed by atoms with Gasteiger partial charge in [-0.3, -0.25) is 4.98 Å². The zero-order valence-electron chi connectivity index (χ0n) is 10.7. The zero-order chi connectivity index (χ0) is 13.4. The molecule has 1 saturated heterocycles. The number of nitrogens with one attached hydrogen (secondary N) is 1. The van der Waals surface area contributed by atoms with Crippen LogP contribution in [0.2, 0.25) is 5.02 Å². The molecule has 0 saturated carbocycles. The van der Waals surface area contributed by atoms with Gasteiger partial charge < -0.3 is 10.2 Å². The van der Waals surface area contributed by atoms with Gasteiger partial charge in [-0.2, -0.15) is 0 Å². The van der Waals surface area contributed by atoms with Crippen molar-refractivity contribution in [2.45, 2.75) is 6.92 Å². The van der Waals surface area contributed by atoms with Crippen LogP contribution in [0.25, 0.3) is 10.9 Å². The summed E-state index contributed by atoms with van der Waals surface area (Å²) in [7, 11) is 0. The van der Waals surface area contributed by atoms with Crippen LogP contribution in [0.15, 0.2) is 22.8 Å². The number of anilines is 1. The highest BCUT2D eigenvalue weighted by Gasteiger charge is 2.18. The van der Waals surface area contributed by atoms with Crippen molar-refractivity contribution in [1.29, 1.82) is 0 Å². The Bertz CT molecular complexity index is 624. The van der Waals surface area contributed by atoms with E-state index < -0.39 is 0 Å². The molecule has 1 aliphatic heterocycles. The van der Waals surface area contributed by atoms with E-state index in [1.807, 2.05) is 18.3 Å². The number of nitrogens with zero attached hydrogens (tertiary/aromatic N) is 2. The van der Waals surface area contributed by atoms with Gasteiger partial charge in [0, 0.05) is 42.8 Å². The van der Waals surface area contributed by atoms with E-state index in [1.54, 1.807) is 0 Å². The summed E-state index contributed by atoms with van der Waals surface area (Å²) >= 11 is 9.85. The fourth-order valence-corrected chi connectivity index (χ4v) is 3.45. The Kier molecular flexibility index (Phi) is 3.65. The van der Waals surface area contributed by atoms with Crippen LogP contribution in [-0.4, -0.2) is 31.2 Å². The predicted molar refractivity (Wildman–Crippen MR) is 84.3 cm³/mol. The second kappa shape index (κ2) is 5.27. The van der Waals surface area contributed by atoms with Gasteiger partial charge in [0.15, 0.2) is 0 Å². The Morgan fingerprint density at radius 3 is 2.79 bits per heavy atom. The van der Waals surface area contributed by atoms with Gasteiger partial charge in [0.05, 0.1) is 15.7 Å². The van der Waals surface area contributed by atoms with Gasteiger partial charge in [-0.05, 0) is 40.5 Å².